The number of pyridine rings is 2. The smallest absolute Gasteiger partial charge is 0.0861 e. The van der Waals surface area contributed by atoms with Crippen LogP contribution in [0.15, 0.2) is 85.2 Å². The molecule has 2 aromatic heterocycles. The van der Waals surface area contributed by atoms with Crippen LogP contribution >= 0.6 is 0 Å². The van der Waals surface area contributed by atoms with Crippen molar-refractivity contribution in [2.24, 2.45) is 23.7 Å². The fraction of sp³-hybridized carbons (Fsp3) is 0.607. The molecular formula is C56H80N2O. The molecule has 2 saturated carbocycles. The lowest BCUT2D eigenvalue weighted by atomic mass is 9.74. The summed E-state index contributed by atoms with van der Waals surface area (Å²) in [5.74, 6) is 2.83. The molecule has 59 heavy (non-hydrogen) atoms. The molecule has 3 heteroatoms. The highest BCUT2D eigenvalue weighted by atomic mass is 16.5. The molecular weight excluding hydrogens is 717 g/mol. The largest absolute Gasteiger partial charge is 0.365 e. The van der Waals surface area contributed by atoms with Gasteiger partial charge < -0.3 is 4.74 Å². The third-order valence-electron chi connectivity index (χ3n) is 14.2. The minimum Gasteiger partial charge on any atom is -0.365 e. The summed E-state index contributed by atoms with van der Waals surface area (Å²) >= 11 is 0. The van der Waals surface area contributed by atoms with E-state index in [1.165, 1.54) is 162 Å². The molecule has 0 spiro atoms. The Morgan fingerprint density at radius 2 is 0.831 bits per heavy atom. The molecule has 2 aliphatic carbocycles. The summed E-state index contributed by atoms with van der Waals surface area (Å²) in [4.78, 5) is 9.75. The molecule has 2 unspecified atom stereocenters. The monoisotopic (exact) mass is 797 g/mol. The van der Waals surface area contributed by atoms with Gasteiger partial charge in [-0.3, -0.25) is 9.97 Å². The first-order chi connectivity index (χ1) is 29.1. The number of aryl methyl sites for hydroxylation is 2. The van der Waals surface area contributed by atoms with Crippen LogP contribution in [0.4, 0.5) is 0 Å². The molecule has 2 atom stereocenters. The molecule has 2 fully saturated rings. The van der Waals surface area contributed by atoms with Crippen molar-refractivity contribution in [3.63, 3.8) is 0 Å². The van der Waals surface area contributed by atoms with Gasteiger partial charge in [0.05, 0.1) is 23.6 Å². The summed E-state index contributed by atoms with van der Waals surface area (Å²) in [5, 5.41) is 0. The average molecular weight is 797 g/mol. The predicted octanol–water partition coefficient (Wildman–Crippen LogP) is 16.8. The third-order valence-corrected chi connectivity index (χ3v) is 14.2. The van der Waals surface area contributed by atoms with E-state index in [-0.39, 0.29) is 12.2 Å². The first kappa shape index (κ1) is 45.2. The maximum Gasteiger partial charge on any atom is 0.0861 e. The van der Waals surface area contributed by atoms with Crippen molar-refractivity contribution in [1.29, 1.82) is 0 Å². The Morgan fingerprint density at radius 3 is 1.17 bits per heavy atom. The summed E-state index contributed by atoms with van der Waals surface area (Å²) in [6.07, 6.45) is 35.9. The Labute approximate surface area is 361 Å². The quantitative estimate of drug-likeness (QED) is 0.0663. The number of unbranched alkanes of at least 4 members (excludes halogenated alkanes) is 8. The summed E-state index contributed by atoms with van der Waals surface area (Å²) < 4.78 is 7.77. The number of rotatable bonds is 24. The van der Waals surface area contributed by atoms with Crippen molar-refractivity contribution >= 4 is 0 Å². The van der Waals surface area contributed by atoms with Crippen LogP contribution in [0, 0.1) is 23.7 Å². The highest BCUT2D eigenvalue weighted by molar-refractivity contribution is 5.60. The van der Waals surface area contributed by atoms with E-state index >= 15 is 0 Å². The molecule has 2 aromatic carbocycles. The van der Waals surface area contributed by atoms with E-state index in [2.05, 4.69) is 113 Å². The standard InChI is InChI=1S/C56H80N2O/c1-5-9-11-13-15-19-43-21-27-49(28-22-43)55(51-35-31-47(32-36-51)53-39-25-45(17-7-3)41-57-53)59-56(50-29-23-44(24-30-50)20-16-14-12-10-6-2)52-37-33-48(34-38-52)54-40-26-46(18-8-4)42-58-54/h25-26,31-44,49-50,55-56H,5-24,27-30H2,1-4H3/t43-,44-,49-,50-,55?,56?. The highest BCUT2D eigenvalue weighted by Crippen LogP contribution is 2.47. The van der Waals surface area contributed by atoms with E-state index in [9.17, 15) is 0 Å². The maximum absolute atomic E-state index is 7.77. The minimum atomic E-state index is 0.0863. The summed E-state index contributed by atoms with van der Waals surface area (Å²) in [7, 11) is 0. The molecule has 320 valence electrons. The van der Waals surface area contributed by atoms with Gasteiger partial charge in [-0.05, 0) is 96.6 Å². The first-order valence-electron chi connectivity index (χ1n) is 24.8. The first-order valence-corrected chi connectivity index (χ1v) is 24.8. The molecule has 4 aromatic rings. The van der Waals surface area contributed by atoms with Gasteiger partial charge in [0.25, 0.3) is 0 Å². The zero-order valence-electron chi connectivity index (χ0n) is 37.8. The molecule has 0 saturated heterocycles. The van der Waals surface area contributed by atoms with Crippen LogP contribution in [0.5, 0.6) is 0 Å². The number of aromatic nitrogens is 2. The van der Waals surface area contributed by atoms with E-state index < -0.39 is 0 Å². The van der Waals surface area contributed by atoms with E-state index in [1.54, 1.807) is 0 Å². The van der Waals surface area contributed by atoms with Crippen LogP contribution in [-0.2, 0) is 17.6 Å². The minimum absolute atomic E-state index is 0.0863. The Bertz CT molecular complexity index is 1570. The number of hydrogen-bond donors (Lipinski definition) is 0. The second-order valence-corrected chi connectivity index (χ2v) is 18.8. The molecule has 6 rings (SSSR count). The normalized spacial score (nSPS) is 20.7. The topological polar surface area (TPSA) is 35.0 Å². The van der Waals surface area contributed by atoms with Gasteiger partial charge in [-0.1, -0.05) is 204 Å². The van der Waals surface area contributed by atoms with Crippen molar-refractivity contribution in [3.8, 4) is 22.5 Å². The lowest BCUT2D eigenvalue weighted by molar-refractivity contribution is -0.0907. The number of nitrogens with zero attached hydrogens (tertiary/aromatic N) is 2. The summed E-state index contributed by atoms with van der Waals surface area (Å²) in [6.45, 7) is 9.11. The van der Waals surface area contributed by atoms with Gasteiger partial charge in [-0.15, -0.1) is 0 Å². The van der Waals surface area contributed by atoms with Gasteiger partial charge in [0.2, 0.25) is 0 Å². The van der Waals surface area contributed by atoms with E-state index in [0.717, 1.165) is 48.9 Å². The van der Waals surface area contributed by atoms with Crippen LogP contribution in [-0.4, -0.2) is 9.97 Å². The van der Waals surface area contributed by atoms with E-state index in [0.29, 0.717) is 11.8 Å². The zero-order valence-corrected chi connectivity index (χ0v) is 37.8. The summed E-state index contributed by atoms with van der Waals surface area (Å²) in [6, 6.07) is 27.7. The SMILES string of the molecule is CCCCCCC[C@H]1CC[C@H](C(OC(c2ccc(-c3ccc(CCC)cn3)cc2)[C@H]2CC[C@H](CCCCCCC)CC2)c2ccc(-c3ccc(CCC)cn3)cc2)CC1. The highest BCUT2D eigenvalue weighted by Gasteiger charge is 2.36. The Morgan fingerprint density at radius 1 is 0.441 bits per heavy atom. The predicted molar refractivity (Wildman–Crippen MR) is 252 cm³/mol. The average Bonchev–Trinajstić information content (AvgIpc) is 3.28. The molecule has 0 bridgehead atoms. The Hall–Kier alpha value is -3.30. The van der Waals surface area contributed by atoms with E-state index in [4.69, 9.17) is 14.7 Å². The molecule has 3 nitrogen and oxygen atoms in total. The van der Waals surface area contributed by atoms with Crippen molar-refractivity contribution in [2.75, 3.05) is 0 Å². The summed E-state index contributed by atoms with van der Waals surface area (Å²) in [5.41, 5.74) is 9.83. The van der Waals surface area contributed by atoms with Gasteiger partial charge >= 0.3 is 0 Å². The van der Waals surface area contributed by atoms with Crippen LogP contribution in [0.2, 0.25) is 0 Å². The fourth-order valence-corrected chi connectivity index (χ4v) is 10.5. The lowest BCUT2D eigenvalue weighted by Crippen LogP contribution is -2.28. The van der Waals surface area contributed by atoms with Crippen LogP contribution in [0.1, 0.15) is 203 Å². The molecule has 0 N–H and O–H groups in total. The van der Waals surface area contributed by atoms with E-state index in [1.807, 2.05) is 0 Å². The van der Waals surface area contributed by atoms with Crippen molar-refractivity contribution in [1.82, 2.24) is 9.97 Å². The number of hydrogen-bond acceptors (Lipinski definition) is 3. The molecule has 0 amide bonds. The second-order valence-electron chi connectivity index (χ2n) is 18.8. The van der Waals surface area contributed by atoms with Gasteiger partial charge in [-0.2, -0.15) is 0 Å². The van der Waals surface area contributed by atoms with Crippen LogP contribution in [0.25, 0.3) is 22.5 Å². The van der Waals surface area contributed by atoms with Crippen molar-refractivity contribution in [2.45, 2.75) is 194 Å². The van der Waals surface area contributed by atoms with Crippen molar-refractivity contribution < 1.29 is 4.74 Å². The fourth-order valence-electron chi connectivity index (χ4n) is 10.5. The second kappa shape index (κ2) is 24.8. The zero-order chi connectivity index (χ0) is 41.1. The molecule has 2 heterocycles. The third kappa shape index (κ3) is 13.9. The Balaban J connectivity index is 1.24. The van der Waals surface area contributed by atoms with Gasteiger partial charge in [0.15, 0.2) is 0 Å². The number of ether oxygens (including phenoxy) is 1. The van der Waals surface area contributed by atoms with Crippen LogP contribution < -0.4 is 0 Å². The molecule has 2 aliphatic rings. The van der Waals surface area contributed by atoms with Crippen LogP contribution in [0.3, 0.4) is 0 Å². The Kier molecular flexibility index (Phi) is 19.0. The van der Waals surface area contributed by atoms with Gasteiger partial charge in [0, 0.05) is 23.5 Å². The molecule has 0 aliphatic heterocycles. The maximum atomic E-state index is 7.77. The number of benzene rings is 2. The van der Waals surface area contributed by atoms with Crippen molar-refractivity contribution in [3.05, 3.63) is 107 Å². The van der Waals surface area contributed by atoms with Gasteiger partial charge in [-0.25, -0.2) is 0 Å². The molecule has 0 radical (unpaired) electrons. The van der Waals surface area contributed by atoms with Gasteiger partial charge in [0.1, 0.15) is 0 Å². The lowest BCUT2D eigenvalue weighted by Gasteiger charge is -2.40.